The summed E-state index contributed by atoms with van der Waals surface area (Å²) in [5.41, 5.74) is 2.08. The number of ether oxygens (including phenoxy) is 1. The summed E-state index contributed by atoms with van der Waals surface area (Å²) < 4.78 is 6.05. The van der Waals surface area contributed by atoms with Gasteiger partial charge < -0.3 is 20.3 Å². The summed E-state index contributed by atoms with van der Waals surface area (Å²) >= 11 is 5.96. The number of carbonyl (C=O) groups is 3. The average molecular weight is 572 g/mol. The Bertz CT molecular complexity index is 1090. The van der Waals surface area contributed by atoms with E-state index in [1.807, 2.05) is 44.2 Å². The molecule has 4 atom stereocenters. The first kappa shape index (κ1) is 33.3. The van der Waals surface area contributed by atoms with Crippen LogP contribution in [0.4, 0.5) is 0 Å². The number of hydrogen-bond donors (Lipinski definition) is 2. The van der Waals surface area contributed by atoms with Crippen molar-refractivity contribution < 1.29 is 19.1 Å². The summed E-state index contributed by atoms with van der Waals surface area (Å²) in [5.74, 6) is 0.236. The van der Waals surface area contributed by atoms with Crippen molar-refractivity contribution in [3.8, 4) is 5.75 Å². The van der Waals surface area contributed by atoms with Crippen molar-refractivity contribution in [3.05, 3.63) is 64.7 Å². The minimum Gasteiger partial charge on any atom is -0.492 e. The molecule has 0 heterocycles. The van der Waals surface area contributed by atoms with Crippen LogP contribution in [0.15, 0.2) is 48.5 Å². The van der Waals surface area contributed by atoms with E-state index in [0.29, 0.717) is 24.6 Å². The number of amides is 2. The van der Waals surface area contributed by atoms with E-state index in [2.05, 4.69) is 23.6 Å². The molecule has 0 saturated heterocycles. The highest BCUT2D eigenvalue weighted by Crippen LogP contribution is 2.20. The molecule has 0 bridgehead atoms. The number of carbonyl (C=O) groups excluding carboxylic acids is 3. The Kier molecular flexibility index (Phi) is 14.2. The molecule has 0 saturated carbocycles. The van der Waals surface area contributed by atoms with Crippen LogP contribution in [0.2, 0.25) is 5.02 Å². The molecule has 8 heteroatoms. The van der Waals surface area contributed by atoms with Gasteiger partial charge in [-0.15, -0.1) is 0 Å². The Hall–Kier alpha value is -2.90. The lowest BCUT2D eigenvalue weighted by atomic mass is 9.97. The number of nitrogens with zero attached hydrogens (tertiary/aromatic N) is 1. The molecule has 2 aromatic rings. The van der Waals surface area contributed by atoms with E-state index in [0.717, 1.165) is 37.0 Å². The van der Waals surface area contributed by atoms with Gasteiger partial charge in [0.15, 0.2) is 5.78 Å². The minimum atomic E-state index is -0.755. The second-order valence-electron chi connectivity index (χ2n) is 10.5. The van der Waals surface area contributed by atoms with Crippen molar-refractivity contribution in [2.24, 2.45) is 5.92 Å². The first-order chi connectivity index (χ1) is 19.1. The Balaban J connectivity index is 1.98. The number of aryl methyl sites for hydroxylation is 1. The van der Waals surface area contributed by atoms with E-state index < -0.39 is 18.1 Å². The van der Waals surface area contributed by atoms with Gasteiger partial charge in [-0.1, -0.05) is 75.5 Å². The van der Waals surface area contributed by atoms with Crippen LogP contribution in [0.1, 0.15) is 65.0 Å². The number of unbranched alkanes of at least 4 members (excludes halogenated alkanes) is 1. The van der Waals surface area contributed by atoms with Crippen LogP contribution < -0.4 is 15.4 Å². The fraction of sp³-hybridized carbons (Fsp3) is 0.531. The van der Waals surface area contributed by atoms with Crippen LogP contribution in [0, 0.1) is 5.92 Å². The summed E-state index contributed by atoms with van der Waals surface area (Å²) in [4.78, 5) is 40.4. The smallest absolute Gasteiger partial charge is 0.243 e. The summed E-state index contributed by atoms with van der Waals surface area (Å²) in [5, 5.41) is 6.80. The fourth-order valence-electron chi connectivity index (χ4n) is 4.39. The molecule has 0 radical (unpaired) electrons. The van der Waals surface area contributed by atoms with Crippen molar-refractivity contribution in [3.63, 3.8) is 0 Å². The molecule has 0 spiro atoms. The molecule has 2 aromatic carbocycles. The van der Waals surface area contributed by atoms with Gasteiger partial charge in [0.2, 0.25) is 11.8 Å². The van der Waals surface area contributed by atoms with Gasteiger partial charge in [-0.25, -0.2) is 0 Å². The molecule has 0 aliphatic heterocycles. The third-order valence-corrected chi connectivity index (χ3v) is 7.70. The van der Waals surface area contributed by atoms with Crippen LogP contribution in [-0.4, -0.2) is 60.8 Å². The normalized spacial score (nSPS) is 14.1. The van der Waals surface area contributed by atoms with Gasteiger partial charge in [-0.2, -0.15) is 0 Å². The van der Waals surface area contributed by atoms with Crippen molar-refractivity contribution in [1.29, 1.82) is 0 Å². The quantitative estimate of drug-likeness (QED) is 0.254. The van der Waals surface area contributed by atoms with Crippen LogP contribution in [0.25, 0.3) is 0 Å². The Labute approximate surface area is 245 Å². The zero-order valence-corrected chi connectivity index (χ0v) is 25.6. The lowest BCUT2D eigenvalue weighted by molar-refractivity contribution is -0.141. The van der Waals surface area contributed by atoms with Crippen LogP contribution in [0.3, 0.4) is 0 Å². The molecule has 220 valence electrons. The van der Waals surface area contributed by atoms with E-state index in [1.165, 1.54) is 17.4 Å². The number of benzene rings is 2. The van der Waals surface area contributed by atoms with Crippen molar-refractivity contribution >= 4 is 29.2 Å². The number of likely N-dealkylation sites (N-methyl/N-ethyl adjacent to an activating group) is 1. The molecule has 0 aromatic heterocycles. The predicted molar refractivity (Wildman–Crippen MR) is 162 cm³/mol. The topological polar surface area (TPSA) is 87.7 Å². The van der Waals surface area contributed by atoms with Crippen LogP contribution >= 0.6 is 11.6 Å². The molecule has 2 amide bonds. The lowest BCUT2D eigenvalue weighted by Crippen LogP contribution is -2.56. The van der Waals surface area contributed by atoms with E-state index in [-0.39, 0.29) is 23.5 Å². The van der Waals surface area contributed by atoms with Gasteiger partial charge in [0.05, 0.1) is 12.1 Å². The predicted octanol–water partition coefficient (Wildman–Crippen LogP) is 5.23. The summed E-state index contributed by atoms with van der Waals surface area (Å²) in [6.45, 7) is 10.3. The minimum absolute atomic E-state index is 0.0527. The largest absolute Gasteiger partial charge is 0.492 e. The van der Waals surface area contributed by atoms with Crippen molar-refractivity contribution in [2.45, 2.75) is 84.8 Å². The highest BCUT2D eigenvalue weighted by atomic mass is 35.5. The second kappa shape index (κ2) is 17.0. The molecular formula is C32H46ClN3O4. The molecule has 0 aliphatic carbocycles. The number of para-hydroxylation sites is 1. The molecule has 7 nitrogen and oxygen atoms in total. The number of hydrogen-bond acceptors (Lipinski definition) is 5. The SMILES string of the molecule is CCCCc1ccccc1OCCN[C@H](C(=O)N(C)[C@H](C)C(=O)N[C@H](Cc1ccc(Cl)cc1)C(C)=O)C(C)CC. The lowest BCUT2D eigenvalue weighted by Gasteiger charge is -2.32. The van der Waals surface area contributed by atoms with Crippen molar-refractivity contribution in [2.75, 3.05) is 20.2 Å². The number of Topliss-reactive ketones (excluding diaryl/α,β-unsaturated/α-hetero) is 1. The average Bonchev–Trinajstić information content (AvgIpc) is 2.95. The second-order valence-corrected chi connectivity index (χ2v) is 10.9. The maximum absolute atomic E-state index is 13.5. The van der Waals surface area contributed by atoms with Crippen LogP contribution in [0.5, 0.6) is 5.75 Å². The molecule has 40 heavy (non-hydrogen) atoms. The highest BCUT2D eigenvalue weighted by Gasteiger charge is 2.32. The van der Waals surface area contributed by atoms with Gasteiger partial charge in [-0.05, 0) is 68.4 Å². The van der Waals surface area contributed by atoms with E-state index in [4.69, 9.17) is 16.3 Å². The van der Waals surface area contributed by atoms with E-state index in [9.17, 15) is 14.4 Å². The van der Waals surface area contributed by atoms with Gasteiger partial charge in [0.1, 0.15) is 18.4 Å². The van der Waals surface area contributed by atoms with Crippen molar-refractivity contribution in [1.82, 2.24) is 15.5 Å². The molecule has 1 unspecified atom stereocenters. The monoisotopic (exact) mass is 571 g/mol. The maximum Gasteiger partial charge on any atom is 0.243 e. The molecular weight excluding hydrogens is 526 g/mol. The first-order valence-electron chi connectivity index (χ1n) is 14.3. The zero-order valence-electron chi connectivity index (χ0n) is 24.8. The Morgan fingerprint density at radius 3 is 2.33 bits per heavy atom. The summed E-state index contributed by atoms with van der Waals surface area (Å²) in [6, 6.07) is 13.3. The van der Waals surface area contributed by atoms with E-state index >= 15 is 0 Å². The highest BCUT2D eigenvalue weighted by molar-refractivity contribution is 6.30. The maximum atomic E-state index is 13.5. The third-order valence-electron chi connectivity index (χ3n) is 7.44. The summed E-state index contributed by atoms with van der Waals surface area (Å²) in [7, 11) is 1.63. The first-order valence-corrected chi connectivity index (χ1v) is 14.7. The molecule has 2 N–H and O–H groups in total. The van der Waals surface area contributed by atoms with E-state index in [1.54, 1.807) is 26.1 Å². The zero-order chi connectivity index (χ0) is 29.7. The summed E-state index contributed by atoms with van der Waals surface area (Å²) in [6.07, 6.45) is 4.35. The van der Waals surface area contributed by atoms with Gasteiger partial charge >= 0.3 is 0 Å². The van der Waals surface area contributed by atoms with Gasteiger partial charge in [0, 0.05) is 18.6 Å². The number of rotatable bonds is 17. The number of ketones is 1. The van der Waals surface area contributed by atoms with Crippen LogP contribution in [-0.2, 0) is 27.2 Å². The molecule has 0 aliphatic rings. The van der Waals surface area contributed by atoms with Gasteiger partial charge in [-0.3, -0.25) is 14.4 Å². The third kappa shape index (κ3) is 10.3. The number of halogens is 1. The molecule has 2 rings (SSSR count). The standard InChI is InChI=1S/C32H46ClN3O4/c1-7-9-12-26-13-10-11-14-29(26)40-20-19-34-30(22(3)8-2)32(39)36(6)23(4)31(38)35-28(24(5)37)21-25-15-17-27(33)18-16-25/h10-11,13-18,22-23,28,30,34H,7-9,12,19-21H2,1-6H3,(H,35,38)/t22?,23-,28-,30+/m1/s1. The molecule has 0 fully saturated rings. The fourth-order valence-corrected chi connectivity index (χ4v) is 4.52. The van der Waals surface area contributed by atoms with Gasteiger partial charge in [0.25, 0.3) is 0 Å². The Morgan fingerprint density at radius 2 is 1.70 bits per heavy atom. The Morgan fingerprint density at radius 1 is 1.02 bits per heavy atom. The number of nitrogens with one attached hydrogen (secondary N) is 2.